The molecule has 5 heteroatoms. The molecule has 0 spiro atoms. The molecule has 0 radical (unpaired) electrons. The van der Waals surface area contributed by atoms with Gasteiger partial charge in [-0.1, -0.05) is 6.42 Å². The van der Waals surface area contributed by atoms with Crippen molar-refractivity contribution in [2.75, 3.05) is 13.1 Å². The SMILES string of the molecule is CC(C)(C(=O)c1c(F)ccc(Br)c1F)N1CCCCC1. The van der Waals surface area contributed by atoms with E-state index in [2.05, 4.69) is 15.9 Å². The number of carbonyl (C=O) groups is 1. The van der Waals surface area contributed by atoms with Gasteiger partial charge in [-0.2, -0.15) is 0 Å². The number of carbonyl (C=O) groups excluding carboxylic acids is 1. The number of likely N-dealkylation sites (tertiary alicyclic amines) is 1. The second kappa shape index (κ2) is 5.90. The van der Waals surface area contributed by atoms with Gasteiger partial charge in [0.05, 0.1) is 15.6 Å². The van der Waals surface area contributed by atoms with E-state index in [0.29, 0.717) is 0 Å². The van der Waals surface area contributed by atoms with Crippen LogP contribution < -0.4 is 0 Å². The average Bonchev–Trinajstić information content (AvgIpc) is 2.44. The highest BCUT2D eigenvalue weighted by Crippen LogP contribution is 2.29. The number of nitrogens with zero attached hydrogens (tertiary/aromatic N) is 1. The van der Waals surface area contributed by atoms with Gasteiger partial charge in [0, 0.05) is 0 Å². The van der Waals surface area contributed by atoms with Crippen molar-refractivity contribution >= 4 is 21.7 Å². The summed E-state index contributed by atoms with van der Waals surface area (Å²) in [6.45, 7) is 5.05. The fraction of sp³-hybridized carbons (Fsp3) is 0.533. The lowest BCUT2D eigenvalue weighted by atomic mass is 9.89. The minimum Gasteiger partial charge on any atom is -0.292 e. The second-order valence-corrected chi connectivity index (χ2v) is 6.51. The highest BCUT2D eigenvalue weighted by atomic mass is 79.9. The lowest BCUT2D eigenvalue weighted by Gasteiger charge is -2.39. The van der Waals surface area contributed by atoms with E-state index in [9.17, 15) is 13.6 Å². The molecule has 1 fully saturated rings. The van der Waals surface area contributed by atoms with Crippen molar-refractivity contribution in [1.82, 2.24) is 4.90 Å². The van der Waals surface area contributed by atoms with Gasteiger partial charge in [0.15, 0.2) is 11.6 Å². The van der Waals surface area contributed by atoms with Crippen LogP contribution in [0.3, 0.4) is 0 Å². The molecule has 2 nitrogen and oxygen atoms in total. The van der Waals surface area contributed by atoms with Crippen molar-refractivity contribution < 1.29 is 13.6 Å². The summed E-state index contributed by atoms with van der Waals surface area (Å²) in [5.41, 5.74) is -1.35. The summed E-state index contributed by atoms with van der Waals surface area (Å²) in [4.78, 5) is 14.6. The van der Waals surface area contributed by atoms with Crippen LogP contribution in [0.1, 0.15) is 43.5 Å². The van der Waals surface area contributed by atoms with Crippen LogP contribution in [-0.4, -0.2) is 29.3 Å². The van der Waals surface area contributed by atoms with Gasteiger partial charge in [-0.15, -0.1) is 0 Å². The predicted octanol–water partition coefficient (Wildman–Crippen LogP) is 4.17. The van der Waals surface area contributed by atoms with Gasteiger partial charge in [0.25, 0.3) is 0 Å². The quantitative estimate of drug-likeness (QED) is 0.605. The fourth-order valence-electron chi connectivity index (χ4n) is 2.64. The topological polar surface area (TPSA) is 20.3 Å². The number of hydrogen-bond donors (Lipinski definition) is 0. The van der Waals surface area contributed by atoms with Gasteiger partial charge in [0.1, 0.15) is 5.82 Å². The zero-order chi connectivity index (χ0) is 14.9. The highest BCUT2D eigenvalue weighted by Gasteiger charge is 2.38. The summed E-state index contributed by atoms with van der Waals surface area (Å²) in [5, 5.41) is 0. The van der Waals surface area contributed by atoms with E-state index < -0.39 is 28.5 Å². The molecule has 1 aromatic rings. The molecule has 0 amide bonds. The molecule has 0 aromatic heterocycles. The van der Waals surface area contributed by atoms with Crippen LogP contribution in [0.15, 0.2) is 16.6 Å². The number of Topliss-reactive ketones (excluding diaryl/α,β-unsaturated/α-hetero) is 1. The Labute approximate surface area is 126 Å². The molecule has 20 heavy (non-hydrogen) atoms. The Morgan fingerprint density at radius 1 is 1.20 bits per heavy atom. The molecule has 1 heterocycles. The normalized spacial score (nSPS) is 17.2. The van der Waals surface area contributed by atoms with E-state index in [1.807, 2.05) is 4.90 Å². The van der Waals surface area contributed by atoms with Gasteiger partial charge in [-0.05, 0) is 67.8 Å². The Kier molecular flexibility index (Phi) is 4.59. The fourth-order valence-corrected chi connectivity index (χ4v) is 2.97. The van der Waals surface area contributed by atoms with Crippen LogP contribution in [0.2, 0.25) is 0 Å². The van der Waals surface area contributed by atoms with Gasteiger partial charge in [0.2, 0.25) is 0 Å². The first-order valence-corrected chi connectivity index (χ1v) is 7.58. The van der Waals surface area contributed by atoms with Gasteiger partial charge >= 0.3 is 0 Å². The first kappa shape index (κ1) is 15.6. The summed E-state index contributed by atoms with van der Waals surface area (Å²) >= 11 is 3.00. The minimum atomic E-state index is -0.900. The number of halogens is 3. The molecular weight excluding hydrogens is 328 g/mol. The molecule has 0 atom stereocenters. The third kappa shape index (κ3) is 2.79. The monoisotopic (exact) mass is 345 g/mol. The number of piperidine rings is 1. The molecule has 110 valence electrons. The molecular formula is C15H18BrF2NO. The van der Waals surface area contributed by atoms with Crippen molar-refractivity contribution in [2.45, 2.75) is 38.6 Å². The van der Waals surface area contributed by atoms with Crippen molar-refractivity contribution in [3.8, 4) is 0 Å². The summed E-state index contributed by atoms with van der Waals surface area (Å²) in [6, 6.07) is 2.39. The maximum atomic E-state index is 14.1. The van der Waals surface area contributed by atoms with E-state index in [1.54, 1.807) is 13.8 Å². The maximum Gasteiger partial charge on any atom is 0.188 e. The lowest BCUT2D eigenvalue weighted by Crippen LogP contribution is -2.52. The third-order valence-corrected chi connectivity index (χ3v) is 4.59. The Hall–Kier alpha value is -0.810. The van der Waals surface area contributed by atoms with Crippen LogP contribution in [0, 0.1) is 11.6 Å². The van der Waals surface area contributed by atoms with Crippen LogP contribution in [0.25, 0.3) is 0 Å². The zero-order valence-corrected chi connectivity index (χ0v) is 13.3. The smallest absolute Gasteiger partial charge is 0.188 e. The summed E-state index contributed by atoms with van der Waals surface area (Å²) in [6.07, 6.45) is 3.17. The largest absolute Gasteiger partial charge is 0.292 e. The maximum absolute atomic E-state index is 14.1. The Morgan fingerprint density at radius 3 is 2.40 bits per heavy atom. The van der Waals surface area contributed by atoms with E-state index in [-0.39, 0.29) is 4.47 Å². The molecule has 1 aromatic carbocycles. The van der Waals surface area contributed by atoms with Crippen LogP contribution >= 0.6 is 15.9 Å². The molecule has 0 unspecified atom stereocenters. The van der Waals surface area contributed by atoms with Crippen molar-refractivity contribution in [1.29, 1.82) is 0 Å². The average molecular weight is 346 g/mol. The van der Waals surface area contributed by atoms with Crippen molar-refractivity contribution in [3.05, 3.63) is 33.8 Å². The molecule has 1 saturated heterocycles. The highest BCUT2D eigenvalue weighted by molar-refractivity contribution is 9.10. The molecule has 1 aliphatic rings. The first-order chi connectivity index (χ1) is 9.35. The molecule has 0 saturated carbocycles. The number of benzene rings is 1. The van der Waals surface area contributed by atoms with Gasteiger partial charge in [-0.3, -0.25) is 9.69 Å². The van der Waals surface area contributed by atoms with Crippen LogP contribution in [0.4, 0.5) is 8.78 Å². The zero-order valence-electron chi connectivity index (χ0n) is 11.7. The molecule has 0 aliphatic carbocycles. The predicted molar refractivity (Wildman–Crippen MR) is 77.9 cm³/mol. The lowest BCUT2D eigenvalue weighted by molar-refractivity contribution is 0.0570. The molecule has 0 bridgehead atoms. The number of rotatable bonds is 3. The first-order valence-electron chi connectivity index (χ1n) is 6.79. The van der Waals surface area contributed by atoms with Crippen molar-refractivity contribution in [3.63, 3.8) is 0 Å². The van der Waals surface area contributed by atoms with Gasteiger partial charge < -0.3 is 0 Å². The standard InChI is InChI=1S/C15H18BrF2NO/c1-15(2,19-8-4-3-5-9-19)14(20)12-11(17)7-6-10(16)13(12)18/h6-7H,3-5,8-9H2,1-2H3. The molecule has 2 rings (SSSR count). The van der Waals surface area contributed by atoms with Crippen LogP contribution in [0.5, 0.6) is 0 Å². The summed E-state index contributed by atoms with van der Waals surface area (Å²) in [7, 11) is 0. The molecule has 1 aliphatic heterocycles. The second-order valence-electron chi connectivity index (χ2n) is 5.65. The van der Waals surface area contributed by atoms with Gasteiger partial charge in [-0.25, -0.2) is 8.78 Å². The Bertz CT molecular complexity index is 525. The summed E-state index contributed by atoms with van der Waals surface area (Å²) < 4.78 is 28.1. The van der Waals surface area contributed by atoms with Crippen molar-refractivity contribution in [2.24, 2.45) is 0 Å². The van der Waals surface area contributed by atoms with E-state index in [4.69, 9.17) is 0 Å². The minimum absolute atomic E-state index is 0.108. The Morgan fingerprint density at radius 2 is 1.80 bits per heavy atom. The number of ketones is 1. The van der Waals surface area contributed by atoms with E-state index in [0.717, 1.165) is 38.4 Å². The van der Waals surface area contributed by atoms with Crippen LogP contribution in [-0.2, 0) is 0 Å². The molecule has 0 N–H and O–H groups in total. The summed E-state index contributed by atoms with van der Waals surface area (Å²) in [5.74, 6) is -2.13. The Balaban J connectivity index is 2.37. The third-order valence-electron chi connectivity index (χ3n) is 3.97. The van der Waals surface area contributed by atoms with E-state index >= 15 is 0 Å². The van der Waals surface area contributed by atoms with E-state index in [1.165, 1.54) is 6.07 Å². The number of hydrogen-bond acceptors (Lipinski definition) is 2.